The predicted octanol–water partition coefficient (Wildman–Crippen LogP) is 3.73. The number of benzene rings is 2. The third-order valence-electron chi connectivity index (χ3n) is 4.16. The molecule has 1 N–H and O–H groups in total. The summed E-state index contributed by atoms with van der Waals surface area (Å²) in [6.45, 7) is 2.30. The molecule has 3 rings (SSSR count). The Morgan fingerprint density at radius 3 is 2.48 bits per heavy atom. The van der Waals surface area contributed by atoms with E-state index in [2.05, 4.69) is 5.32 Å². The van der Waals surface area contributed by atoms with Gasteiger partial charge >= 0.3 is 5.97 Å². The van der Waals surface area contributed by atoms with Crippen LogP contribution in [0, 0.1) is 5.21 Å². The fourth-order valence-corrected chi connectivity index (χ4v) is 3.47. The van der Waals surface area contributed by atoms with Crippen molar-refractivity contribution < 1.29 is 23.8 Å². The Balaban J connectivity index is 1.73. The van der Waals surface area contributed by atoms with Gasteiger partial charge in [0.15, 0.2) is 6.20 Å². The van der Waals surface area contributed by atoms with Crippen molar-refractivity contribution in [3.8, 4) is 5.75 Å². The summed E-state index contributed by atoms with van der Waals surface area (Å²) in [7, 11) is 0. The first-order valence-electron chi connectivity index (χ1n) is 9.66. The lowest BCUT2D eigenvalue weighted by molar-refractivity contribution is -0.645. The zero-order chi connectivity index (χ0) is 22.1. The van der Waals surface area contributed by atoms with Crippen LogP contribution in [0.3, 0.4) is 0 Å². The molecule has 31 heavy (non-hydrogen) atoms. The van der Waals surface area contributed by atoms with Crippen LogP contribution in [0.4, 0.5) is 5.69 Å². The number of esters is 1. The Kier molecular flexibility index (Phi) is 7.89. The van der Waals surface area contributed by atoms with E-state index in [0.29, 0.717) is 33.4 Å². The Bertz CT molecular complexity index is 1030. The highest BCUT2D eigenvalue weighted by atomic mass is 32.2. The van der Waals surface area contributed by atoms with Crippen molar-refractivity contribution in [3.63, 3.8) is 0 Å². The summed E-state index contributed by atoms with van der Waals surface area (Å²) in [5.74, 6) is -0.708. The van der Waals surface area contributed by atoms with Gasteiger partial charge in [-0.05, 0) is 36.9 Å². The molecular weight excluding hydrogens is 416 g/mol. The number of nitrogens with one attached hydrogen (secondary N) is 1. The molecule has 1 unspecified atom stereocenters. The summed E-state index contributed by atoms with van der Waals surface area (Å²) in [5, 5.41) is 14.9. The molecule has 2 aromatic carbocycles. The van der Waals surface area contributed by atoms with Gasteiger partial charge in [-0.3, -0.25) is 9.59 Å². The van der Waals surface area contributed by atoms with Crippen LogP contribution in [0.1, 0.15) is 18.6 Å². The third-order valence-corrected chi connectivity index (χ3v) is 5.15. The van der Waals surface area contributed by atoms with Gasteiger partial charge in [0.05, 0.1) is 12.3 Å². The number of para-hydroxylation sites is 2. The molecule has 7 nitrogen and oxygen atoms in total. The summed E-state index contributed by atoms with van der Waals surface area (Å²) in [6.07, 6.45) is 0.197. The van der Waals surface area contributed by atoms with Crippen molar-refractivity contribution >= 4 is 29.3 Å². The van der Waals surface area contributed by atoms with Crippen molar-refractivity contribution in [1.82, 2.24) is 0 Å². The van der Waals surface area contributed by atoms with Crippen molar-refractivity contribution in [2.45, 2.75) is 18.1 Å². The number of pyridine rings is 1. The molecule has 1 aromatic heterocycles. The summed E-state index contributed by atoms with van der Waals surface area (Å²) in [5.41, 5.74) is 1.02. The van der Waals surface area contributed by atoms with E-state index in [1.165, 1.54) is 6.20 Å². The number of amides is 1. The number of aromatic nitrogens is 1. The maximum atomic E-state index is 13.0. The normalized spacial score (nSPS) is 11.4. The van der Waals surface area contributed by atoms with Crippen molar-refractivity contribution in [3.05, 3.63) is 89.8 Å². The second-order valence-corrected chi connectivity index (χ2v) is 7.35. The highest BCUT2D eigenvalue weighted by Crippen LogP contribution is 2.27. The standard InChI is InChI=1S/C23H22N2O5S/c1-2-29-19-13-7-6-12-18(19)24-23(27)22(17-10-4-3-5-11-17)30-21(26)16-31-20-14-8-9-15-25(20)28/h3-15,22H,2,16H2,1H3,(H,24,27). The van der Waals surface area contributed by atoms with Gasteiger partial charge in [-0.2, -0.15) is 4.73 Å². The summed E-state index contributed by atoms with van der Waals surface area (Å²) in [6, 6.07) is 20.7. The molecule has 1 heterocycles. The monoisotopic (exact) mass is 438 g/mol. The number of hydrogen-bond acceptors (Lipinski definition) is 6. The molecule has 0 aliphatic carbocycles. The molecule has 0 fully saturated rings. The fraction of sp³-hybridized carbons (Fsp3) is 0.174. The highest BCUT2D eigenvalue weighted by molar-refractivity contribution is 7.99. The quantitative estimate of drug-likeness (QED) is 0.237. The lowest BCUT2D eigenvalue weighted by atomic mass is 10.1. The molecule has 0 aliphatic heterocycles. The minimum absolute atomic E-state index is 0.113. The molecule has 8 heteroatoms. The van der Waals surface area contributed by atoms with Crippen LogP contribution < -0.4 is 14.8 Å². The number of hydrogen-bond donors (Lipinski definition) is 1. The number of nitrogens with zero attached hydrogens (tertiary/aromatic N) is 1. The highest BCUT2D eigenvalue weighted by Gasteiger charge is 2.26. The molecule has 0 bridgehead atoms. The van der Waals surface area contributed by atoms with E-state index in [0.717, 1.165) is 11.8 Å². The van der Waals surface area contributed by atoms with Crippen LogP contribution in [-0.4, -0.2) is 24.2 Å². The van der Waals surface area contributed by atoms with Crippen LogP contribution in [0.5, 0.6) is 5.75 Å². The maximum absolute atomic E-state index is 13.0. The van der Waals surface area contributed by atoms with Gasteiger partial charge in [0.25, 0.3) is 10.9 Å². The van der Waals surface area contributed by atoms with E-state index >= 15 is 0 Å². The van der Waals surface area contributed by atoms with Gasteiger partial charge in [-0.15, -0.1) is 0 Å². The van der Waals surface area contributed by atoms with Crippen LogP contribution in [-0.2, 0) is 14.3 Å². The van der Waals surface area contributed by atoms with Gasteiger partial charge < -0.3 is 20.0 Å². The number of anilines is 1. The number of rotatable bonds is 9. The van der Waals surface area contributed by atoms with Crippen LogP contribution in [0.25, 0.3) is 0 Å². The topological polar surface area (TPSA) is 91.6 Å². The molecular formula is C23H22N2O5S. The second-order valence-electron chi connectivity index (χ2n) is 6.35. The lowest BCUT2D eigenvalue weighted by Gasteiger charge is -2.19. The van der Waals surface area contributed by atoms with E-state index in [-0.39, 0.29) is 5.75 Å². The molecule has 160 valence electrons. The van der Waals surface area contributed by atoms with Crippen LogP contribution >= 0.6 is 11.8 Å². The van der Waals surface area contributed by atoms with Gasteiger partial charge in [0.1, 0.15) is 11.5 Å². The van der Waals surface area contributed by atoms with Gasteiger partial charge in [0.2, 0.25) is 6.10 Å². The molecule has 1 amide bonds. The van der Waals surface area contributed by atoms with Gasteiger partial charge in [-0.25, -0.2) is 0 Å². The Labute approximate surface area is 184 Å². The van der Waals surface area contributed by atoms with Crippen molar-refractivity contribution in [2.24, 2.45) is 0 Å². The van der Waals surface area contributed by atoms with E-state index in [9.17, 15) is 14.8 Å². The summed E-state index contributed by atoms with van der Waals surface area (Å²) in [4.78, 5) is 25.5. The molecule has 1 atom stereocenters. The zero-order valence-corrected chi connectivity index (χ0v) is 17.7. The number of thioether (sulfide) groups is 1. The van der Waals surface area contributed by atoms with Crippen LogP contribution in [0.2, 0.25) is 0 Å². The minimum atomic E-state index is -1.15. The predicted molar refractivity (Wildman–Crippen MR) is 118 cm³/mol. The van der Waals surface area contributed by atoms with Crippen molar-refractivity contribution in [2.75, 3.05) is 17.7 Å². The number of carbonyl (C=O) groups excluding carboxylic acids is 2. The van der Waals surface area contributed by atoms with Gasteiger partial charge in [-0.1, -0.05) is 42.5 Å². The Hall–Kier alpha value is -3.52. The number of ether oxygens (including phenoxy) is 2. The molecule has 3 aromatic rings. The van der Waals surface area contributed by atoms with Gasteiger partial charge in [0, 0.05) is 17.7 Å². The Morgan fingerprint density at radius 2 is 1.74 bits per heavy atom. The smallest absolute Gasteiger partial charge is 0.317 e. The average molecular weight is 439 g/mol. The first-order chi connectivity index (χ1) is 15.1. The molecule has 0 radical (unpaired) electrons. The second kappa shape index (κ2) is 11.0. The molecule has 0 saturated carbocycles. The summed E-state index contributed by atoms with van der Waals surface area (Å²) < 4.78 is 11.7. The molecule has 0 saturated heterocycles. The largest absolute Gasteiger partial charge is 0.618 e. The SMILES string of the molecule is CCOc1ccccc1NC(=O)C(OC(=O)CSc1cccc[n+]1[O-])c1ccccc1. The molecule has 0 spiro atoms. The Morgan fingerprint density at radius 1 is 1.03 bits per heavy atom. The number of carbonyl (C=O) groups is 2. The fourth-order valence-electron chi connectivity index (χ4n) is 2.77. The zero-order valence-electron chi connectivity index (χ0n) is 16.9. The van der Waals surface area contributed by atoms with Crippen LogP contribution in [0.15, 0.2) is 84.0 Å². The van der Waals surface area contributed by atoms with E-state index in [1.807, 2.05) is 13.0 Å². The third kappa shape index (κ3) is 6.23. The van der Waals surface area contributed by atoms with E-state index < -0.39 is 18.0 Å². The van der Waals surface area contributed by atoms with E-state index in [1.54, 1.807) is 66.7 Å². The minimum Gasteiger partial charge on any atom is -0.618 e. The average Bonchev–Trinajstić information content (AvgIpc) is 2.79. The van der Waals surface area contributed by atoms with E-state index in [4.69, 9.17) is 9.47 Å². The first kappa shape index (κ1) is 22.2. The first-order valence-corrected chi connectivity index (χ1v) is 10.6. The van der Waals surface area contributed by atoms with Crippen molar-refractivity contribution in [1.29, 1.82) is 0 Å². The molecule has 0 aliphatic rings. The maximum Gasteiger partial charge on any atom is 0.317 e. The summed E-state index contributed by atoms with van der Waals surface area (Å²) >= 11 is 1.04. The lowest BCUT2D eigenvalue weighted by Crippen LogP contribution is -2.29.